The van der Waals surface area contributed by atoms with Gasteiger partial charge in [0.2, 0.25) is 0 Å². The summed E-state index contributed by atoms with van der Waals surface area (Å²) in [5.74, 6) is 1.32. The zero-order valence-electron chi connectivity index (χ0n) is 12.0. The maximum Gasteiger partial charge on any atom is 0.161 e. The Balaban J connectivity index is 2.73. The van der Waals surface area contributed by atoms with E-state index in [0.717, 1.165) is 5.56 Å². The van der Waals surface area contributed by atoms with Crippen LogP contribution in [-0.2, 0) is 0 Å². The van der Waals surface area contributed by atoms with Gasteiger partial charge in [0.25, 0.3) is 0 Å². The van der Waals surface area contributed by atoms with Crippen LogP contribution >= 0.6 is 0 Å². The van der Waals surface area contributed by atoms with E-state index in [2.05, 4.69) is 10.0 Å². The highest BCUT2D eigenvalue weighted by molar-refractivity contribution is 5.43. The molecule has 0 saturated heterocycles. The van der Waals surface area contributed by atoms with Crippen molar-refractivity contribution in [2.24, 2.45) is 5.11 Å². The van der Waals surface area contributed by atoms with E-state index in [9.17, 15) is 5.11 Å². The standard InChI is InChI=1S/C14H21N3O3/c1-3-19-13-8-7-11(10-14(13)20-4-2)12(18)6-5-9-16-17-15/h7-8,10,12,18H,3-6,9H2,1-2H3. The number of nitrogens with zero attached hydrogens (tertiary/aromatic N) is 3. The number of azide groups is 1. The molecule has 1 atom stereocenters. The van der Waals surface area contributed by atoms with Gasteiger partial charge in [-0.2, -0.15) is 0 Å². The van der Waals surface area contributed by atoms with Crippen LogP contribution in [0.2, 0.25) is 0 Å². The second-order valence-corrected chi connectivity index (χ2v) is 4.18. The highest BCUT2D eigenvalue weighted by Gasteiger charge is 2.12. The number of hydrogen-bond acceptors (Lipinski definition) is 4. The molecule has 1 rings (SSSR count). The Hall–Kier alpha value is -1.91. The van der Waals surface area contributed by atoms with Crippen LogP contribution in [0.4, 0.5) is 0 Å². The maximum atomic E-state index is 10.1. The lowest BCUT2D eigenvalue weighted by molar-refractivity contribution is 0.164. The Morgan fingerprint density at radius 2 is 1.95 bits per heavy atom. The third kappa shape index (κ3) is 4.99. The first-order valence-corrected chi connectivity index (χ1v) is 6.81. The number of aliphatic hydroxyl groups is 1. The van der Waals surface area contributed by atoms with E-state index < -0.39 is 6.10 Å². The zero-order valence-corrected chi connectivity index (χ0v) is 12.0. The summed E-state index contributed by atoms with van der Waals surface area (Å²) in [6.45, 7) is 5.31. The van der Waals surface area contributed by atoms with Gasteiger partial charge in [-0.15, -0.1) is 0 Å². The summed E-state index contributed by atoms with van der Waals surface area (Å²) in [7, 11) is 0. The maximum absolute atomic E-state index is 10.1. The van der Waals surface area contributed by atoms with Gasteiger partial charge in [-0.25, -0.2) is 0 Å². The molecule has 0 aliphatic rings. The molecule has 0 aliphatic carbocycles. The van der Waals surface area contributed by atoms with E-state index in [1.165, 1.54) is 0 Å². The molecule has 0 amide bonds. The van der Waals surface area contributed by atoms with Crippen LogP contribution in [0.1, 0.15) is 38.4 Å². The van der Waals surface area contributed by atoms with E-state index in [0.29, 0.717) is 44.1 Å². The van der Waals surface area contributed by atoms with Crippen LogP contribution in [0, 0.1) is 0 Å². The van der Waals surface area contributed by atoms with Crippen LogP contribution in [0.25, 0.3) is 10.4 Å². The lowest BCUT2D eigenvalue weighted by Gasteiger charge is -2.15. The molecule has 0 heterocycles. The number of ether oxygens (including phenoxy) is 2. The van der Waals surface area contributed by atoms with Crippen LogP contribution in [0.5, 0.6) is 11.5 Å². The van der Waals surface area contributed by atoms with Crippen molar-refractivity contribution >= 4 is 0 Å². The van der Waals surface area contributed by atoms with Gasteiger partial charge in [0.15, 0.2) is 11.5 Å². The van der Waals surface area contributed by atoms with Gasteiger partial charge in [0, 0.05) is 11.5 Å². The van der Waals surface area contributed by atoms with E-state index in [-0.39, 0.29) is 0 Å². The predicted octanol–water partition coefficient (Wildman–Crippen LogP) is 3.61. The molecule has 1 aromatic carbocycles. The Morgan fingerprint density at radius 3 is 2.60 bits per heavy atom. The van der Waals surface area contributed by atoms with Crippen molar-refractivity contribution in [3.63, 3.8) is 0 Å². The summed E-state index contributed by atoms with van der Waals surface area (Å²) in [6.07, 6.45) is 0.583. The monoisotopic (exact) mass is 279 g/mol. The largest absolute Gasteiger partial charge is 0.490 e. The van der Waals surface area contributed by atoms with E-state index in [1.807, 2.05) is 19.9 Å². The van der Waals surface area contributed by atoms with Gasteiger partial charge in [-0.05, 0) is 49.9 Å². The van der Waals surface area contributed by atoms with Gasteiger partial charge < -0.3 is 14.6 Å². The van der Waals surface area contributed by atoms with Gasteiger partial charge >= 0.3 is 0 Å². The fourth-order valence-corrected chi connectivity index (χ4v) is 1.84. The van der Waals surface area contributed by atoms with Gasteiger partial charge in [-0.3, -0.25) is 0 Å². The molecule has 1 aromatic rings. The van der Waals surface area contributed by atoms with Crippen molar-refractivity contribution in [3.05, 3.63) is 34.2 Å². The molecule has 0 bridgehead atoms. The van der Waals surface area contributed by atoms with Crippen molar-refractivity contribution in [2.45, 2.75) is 32.8 Å². The first-order chi connectivity index (χ1) is 9.72. The molecule has 6 nitrogen and oxygen atoms in total. The average Bonchev–Trinajstić information content (AvgIpc) is 2.45. The molecule has 0 saturated carbocycles. The minimum absolute atomic E-state index is 0.392. The molecule has 0 radical (unpaired) electrons. The Bertz CT molecular complexity index is 459. The molecule has 1 unspecified atom stereocenters. The van der Waals surface area contributed by atoms with Crippen molar-refractivity contribution < 1.29 is 14.6 Å². The molecule has 0 aromatic heterocycles. The quantitative estimate of drug-likeness (QED) is 0.324. The molecule has 0 fully saturated rings. The number of benzene rings is 1. The van der Waals surface area contributed by atoms with E-state index in [1.54, 1.807) is 12.1 Å². The molecule has 110 valence electrons. The molecular weight excluding hydrogens is 258 g/mol. The Kier molecular flexibility index (Phi) is 7.32. The first-order valence-electron chi connectivity index (χ1n) is 6.81. The second kappa shape index (κ2) is 9.07. The zero-order chi connectivity index (χ0) is 14.8. The highest BCUT2D eigenvalue weighted by atomic mass is 16.5. The van der Waals surface area contributed by atoms with Crippen molar-refractivity contribution in [2.75, 3.05) is 19.8 Å². The third-order valence-electron chi connectivity index (χ3n) is 2.75. The molecule has 6 heteroatoms. The molecule has 0 aliphatic heterocycles. The second-order valence-electron chi connectivity index (χ2n) is 4.18. The lowest BCUT2D eigenvalue weighted by atomic mass is 10.0. The Labute approximate surface area is 119 Å². The summed E-state index contributed by atoms with van der Waals surface area (Å²) in [4.78, 5) is 2.68. The summed E-state index contributed by atoms with van der Waals surface area (Å²) >= 11 is 0. The minimum Gasteiger partial charge on any atom is -0.490 e. The number of aliphatic hydroxyl groups excluding tert-OH is 1. The van der Waals surface area contributed by atoms with Crippen LogP contribution in [0.15, 0.2) is 23.3 Å². The smallest absolute Gasteiger partial charge is 0.161 e. The highest BCUT2D eigenvalue weighted by Crippen LogP contribution is 2.31. The van der Waals surface area contributed by atoms with E-state index >= 15 is 0 Å². The summed E-state index contributed by atoms with van der Waals surface area (Å²) in [5.41, 5.74) is 8.97. The summed E-state index contributed by atoms with van der Waals surface area (Å²) in [6, 6.07) is 5.43. The molecular formula is C14H21N3O3. The van der Waals surface area contributed by atoms with Crippen LogP contribution in [0.3, 0.4) is 0 Å². The molecule has 20 heavy (non-hydrogen) atoms. The van der Waals surface area contributed by atoms with Crippen molar-refractivity contribution in [1.82, 2.24) is 0 Å². The fourth-order valence-electron chi connectivity index (χ4n) is 1.84. The van der Waals surface area contributed by atoms with Crippen LogP contribution < -0.4 is 9.47 Å². The third-order valence-corrected chi connectivity index (χ3v) is 2.75. The SMILES string of the molecule is CCOc1ccc(C(O)CCCN=[N+]=[N-])cc1OCC. The molecule has 0 spiro atoms. The average molecular weight is 279 g/mol. The van der Waals surface area contributed by atoms with Crippen molar-refractivity contribution in [3.8, 4) is 11.5 Å². The minimum atomic E-state index is -0.598. The lowest BCUT2D eigenvalue weighted by Crippen LogP contribution is -2.02. The van der Waals surface area contributed by atoms with E-state index in [4.69, 9.17) is 15.0 Å². The summed E-state index contributed by atoms with van der Waals surface area (Å²) in [5, 5.41) is 13.5. The Morgan fingerprint density at radius 1 is 1.25 bits per heavy atom. The number of rotatable bonds is 9. The van der Waals surface area contributed by atoms with Gasteiger partial charge in [-0.1, -0.05) is 11.2 Å². The van der Waals surface area contributed by atoms with Crippen molar-refractivity contribution in [1.29, 1.82) is 0 Å². The fraction of sp³-hybridized carbons (Fsp3) is 0.571. The summed E-state index contributed by atoms with van der Waals surface area (Å²) < 4.78 is 11.0. The first kappa shape index (κ1) is 16.1. The van der Waals surface area contributed by atoms with Crippen LogP contribution in [-0.4, -0.2) is 24.9 Å². The van der Waals surface area contributed by atoms with Gasteiger partial charge in [0.1, 0.15) is 0 Å². The number of hydrogen-bond donors (Lipinski definition) is 1. The normalized spacial score (nSPS) is 11.6. The molecule has 1 N–H and O–H groups in total. The topological polar surface area (TPSA) is 87.5 Å². The van der Waals surface area contributed by atoms with Gasteiger partial charge in [0.05, 0.1) is 19.3 Å². The predicted molar refractivity (Wildman–Crippen MR) is 77.0 cm³/mol.